The third-order valence-electron chi connectivity index (χ3n) is 21.0. The lowest BCUT2D eigenvalue weighted by Crippen LogP contribution is -2.59. The van der Waals surface area contributed by atoms with Gasteiger partial charge in [0.1, 0.15) is 22.3 Å². The number of hydrogen-bond acceptors (Lipinski definition) is 2. The molecule has 4 nitrogen and oxygen atoms in total. The number of fused-ring (bicyclic) bond motifs is 25. The number of aromatic nitrogens is 2. The predicted molar refractivity (Wildman–Crippen MR) is 392 cm³/mol. The van der Waals surface area contributed by atoms with Gasteiger partial charge in [0.2, 0.25) is 0 Å². The topological polar surface area (TPSA) is 36.1 Å². The van der Waals surface area contributed by atoms with Crippen LogP contribution in [0.4, 0.5) is 0 Å². The SMILES string of the molecule is c1ccc(-c2ccccc2-c2cc3c4c(c2)c2c5c6ccccc6c6ccccc6c5ccc2n4-c2cc(-c4c(-c5cccc6c5oc5ccccc56)cccc4-c4cccc5c4oc4ccccc45)cc4c2B3c2cc3ccccc3c3c5ccccc5n-4c23)cc1. The minimum Gasteiger partial charge on any atom is -0.455 e. The first-order valence-corrected chi connectivity index (χ1v) is 32.3. The Morgan fingerprint density at radius 2 is 0.742 bits per heavy atom. The van der Waals surface area contributed by atoms with E-state index < -0.39 is 0 Å². The lowest BCUT2D eigenvalue weighted by Gasteiger charge is -2.35. The zero-order chi connectivity index (χ0) is 60.3. The fraction of sp³-hybridized carbons (Fsp3) is 0. The van der Waals surface area contributed by atoms with Gasteiger partial charge in [-0.25, -0.2) is 0 Å². The van der Waals surface area contributed by atoms with Crippen LogP contribution in [-0.2, 0) is 0 Å². The molecule has 0 atom stereocenters. The molecule has 0 amide bonds. The Hall–Kier alpha value is -12.2. The Balaban J connectivity index is 0.956. The minimum atomic E-state index is -0.178. The van der Waals surface area contributed by atoms with Crippen LogP contribution in [0, 0.1) is 0 Å². The summed E-state index contributed by atoms with van der Waals surface area (Å²) in [4.78, 5) is 0. The van der Waals surface area contributed by atoms with Crippen LogP contribution in [-0.4, -0.2) is 15.8 Å². The average molecular weight is 1180 g/mol. The lowest BCUT2D eigenvalue weighted by atomic mass is 9.34. The molecule has 5 heteroatoms. The highest BCUT2D eigenvalue weighted by Gasteiger charge is 2.43. The fourth-order valence-electron chi connectivity index (χ4n) is 17.4. The molecule has 16 aromatic carbocycles. The van der Waals surface area contributed by atoms with Crippen LogP contribution in [0.2, 0.25) is 0 Å². The molecule has 0 radical (unpaired) electrons. The van der Waals surface area contributed by atoms with Gasteiger partial charge in [-0.2, -0.15) is 0 Å². The van der Waals surface area contributed by atoms with Crippen molar-refractivity contribution in [2.75, 3.05) is 0 Å². The smallest absolute Gasteiger partial charge is 0.252 e. The van der Waals surface area contributed by atoms with E-state index in [1.165, 1.54) is 131 Å². The molecule has 93 heavy (non-hydrogen) atoms. The van der Waals surface area contributed by atoms with Gasteiger partial charge in [-0.15, -0.1) is 0 Å². The number of hydrogen-bond donors (Lipinski definition) is 0. The second-order valence-corrected chi connectivity index (χ2v) is 25.6. The molecule has 6 heterocycles. The number of rotatable bonds is 5. The van der Waals surface area contributed by atoms with Gasteiger partial charge in [0.25, 0.3) is 6.71 Å². The highest BCUT2D eigenvalue weighted by Crippen LogP contribution is 2.52. The molecule has 0 bridgehead atoms. The van der Waals surface area contributed by atoms with Crippen molar-refractivity contribution in [1.29, 1.82) is 0 Å². The molecule has 2 aliphatic rings. The van der Waals surface area contributed by atoms with Crippen LogP contribution < -0.4 is 16.4 Å². The highest BCUT2D eigenvalue weighted by atomic mass is 16.3. The molecule has 0 fully saturated rings. The number of benzene rings is 16. The van der Waals surface area contributed by atoms with Crippen molar-refractivity contribution >= 4 is 154 Å². The molecule has 20 aromatic rings. The molecule has 0 aliphatic carbocycles. The number of nitrogens with zero attached hydrogens (tertiary/aromatic N) is 2. The van der Waals surface area contributed by atoms with E-state index >= 15 is 0 Å². The first kappa shape index (κ1) is 49.7. The fourth-order valence-corrected chi connectivity index (χ4v) is 17.4. The molecule has 22 rings (SSSR count). The van der Waals surface area contributed by atoms with E-state index in [9.17, 15) is 0 Å². The van der Waals surface area contributed by atoms with Gasteiger partial charge >= 0.3 is 0 Å². The number of furan rings is 2. The van der Waals surface area contributed by atoms with E-state index in [1.54, 1.807) is 0 Å². The molecule has 0 unspecified atom stereocenters. The second-order valence-electron chi connectivity index (χ2n) is 25.6. The maximum absolute atomic E-state index is 7.05. The van der Waals surface area contributed by atoms with Gasteiger partial charge in [-0.05, 0) is 141 Å². The van der Waals surface area contributed by atoms with Gasteiger partial charge < -0.3 is 18.0 Å². The molecule has 426 valence electrons. The highest BCUT2D eigenvalue weighted by molar-refractivity contribution is 7.00. The molecule has 0 N–H and O–H groups in total. The Morgan fingerprint density at radius 3 is 1.42 bits per heavy atom. The van der Waals surface area contributed by atoms with Crippen molar-refractivity contribution in [2.24, 2.45) is 0 Å². The quantitative estimate of drug-likeness (QED) is 0.127. The Morgan fingerprint density at radius 1 is 0.258 bits per heavy atom. The van der Waals surface area contributed by atoms with Crippen molar-refractivity contribution in [3.05, 3.63) is 297 Å². The first-order valence-electron chi connectivity index (χ1n) is 32.3. The summed E-state index contributed by atoms with van der Waals surface area (Å²) < 4.78 is 19.4. The van der Waals surface area contributed by atoms with Crippen LogP contribution in [0.25, 0.3) is 198 Å². The number of para-hydroxylation sites is 5. The second kappa shape index (κ2) is 18.3. The summed E-state index contributed by atoms with van der Waals surface area (Å²) in [5, 5.41) is 19.4. The molecular weight excluding hydrogens is 1130 g/mol. The van der Waals surface area contributed by atoms with Crippen LogP contribution in [0.3, 0.4) is 0 Å². The summed E-state index contributed by atoms with van der Waals surface area (Å²) in [5.41, 5.74) is 25.7. The predicted octanol–water partition coefficient (Wildman–Crippen LogP) is 21.8. The zero-order valence-electron chi connectivity index (χ0n) is 50.1. The van der Waals surface area contributed by atoms with E-state index in [2.05, 4.69) is 306 Å². The molecule has 2 aliphatic heterocycles. The standard InChI is InChI=1S/C88H49BN2O2/c1-2-21-50(22-3-1)54-24-6-7-25-55(54)52-45-71-83-75(44-43-65-59-29-9-8-27-57(59)58-28-10-11-32-62(58)81(65)83)91-77-49-53(48-76-84(77)89(72(47-52)85(71)91)73-46-51-23-4-5-26-56(51)82-70-33-12-15-40-74(70)90(76)86(73)82)80-63(68-38-19-36-66-60-30-13-16-41-78(60)92-87(66)68)34-18-35-64(80)69-39-20-37-67-61-31-14-17-42-79(61)93-88(67)69/h1-49H. The maximum atomic E-state index is 7.05. The third-order valence-corrected chi connectivity index (χ3v) is 21.0. The normalized spacial score (nSPS) is 12.7. The minimum absolute atomic E-state index is 0.178. The first-order chi connectivity index (χ1) is 46.2. The lowest BCUT2D eigenvalue weighted by molar-refractivity contribution is 0.670. The Bertz CT molecular complexity index is 6590. The van der Waals surface area contributed by atoms with Crippen molar-refractivity contribution in [3.63, 3.8) is 0 Å². The van der Waals surface area contributed by atoms with Crippen LogP contribution in [0.15, 0.2) is 306 Å². The van der Waals surface area contributed by atoms with Crippen LogP contribution >= 0.6 is 0 Å². The Labute approximate surface area is 532 Å². The van der Waals surface area contributed by atoms with E-state index in [0.29, 0.717) is 0 Å². The molecule has 0 saturated heterocycles. The third kappa shape index (κ3) is 6.54. The average Bonchev–Trinajstić information content (AvgIpc) is 1.55. The van der Waals surface area contributed by atoms with Gasteiger partial charge in [0, 0.05) is 76.5 Å². The largest absolute Gasteiger partial charge is 0.455 e. The summed E-state index contributed by atoms with van der Waals surface area (Å²) in [6.07, 6.45) is 0. The summed E-state index contributed by atoms with van der Waals surface area (Å²) in [5.74, 6) is 0. The summed E-state index contributed by atoms with van der Waals surface area (Å²) in [7, 11) is 0. The zero-order valence-corrected chi connectivity index (χ0v) is 50.1. The summed E-state index contributed by atoms with van der Waals surface area (Å²) in [6.45, 7) is -0.178. The molecule has 4 aromatic heterocycles. The molecule has 0 spiro atoms. The summed E-state index contributed by atoms with van der Waals surface area (Å²) in [6, 6.07) is 111. The van der Waals surface area contributed by atoms with Crippen molar-refractivity contribution < 1.29 is 8.83 Å². The van der Waals surface area contributed by atoms with Crippen molar-refractivity contribution in [3.8, 4) is 67.0 Å². The van der Waals surface area contributed by atoms with E-state index in [4.69, 9.17) is 8.83 Å². The van der Waals surface area contributed by atoms with Gasteiger partial charge in [-0.1, -0.05) is 255 Å². The van der Waals surface area contributed by atoms with Gasteiger partial charge in [-0.3, -0.25) is 0 Å². The monoisotopic (exact) mass is 1180 g/mol. The summed E-state index contributed by atoms with van der Waals surface area (Å²) >= 11 is 0. The maximum Gasteiger partial charge on any atom is 0.252 e. The van der Waals surface area contributed by atoms with Crippen LogP contribution in [0.1, 0.15) is 0 Å². The van der Waals surface area contributed by atoms with Gasteiger partial charge in [0.05, 0.1) is 16.6 Å². The van der Waals surface area contributed by atoms with E-state index in [0.717, 1.165) is 82.9 Å². The van der Waals surface area contributed by atoms with E-state index in [1.807, 2.05) is 0 Å². The van der Waals surface area contributed by atoms with Crippen LogP contribution in [0.5, 0.6) is 0 Å². The van der Waals surface area contributed by atoms with E-state index in [-0.39, 0.29) is 6.71 Å². The van der Waals surface area contributed by atoms with Crippen molar-refractivity contribution in [2.45, 2.75) is 0 Å². The molecular formula is C88H49BN2O2. The molecule has 0 saturated carbocycles. The van der Waals surface area contributed by atoms with Crippen molar-refractivity contribution in [1.82, 2.24) is 9.13 Å². The van der Waals surface area contributed by atoms with Gasteiger partial charge in [0.15, 0.2) is 0 Å². The Kier molecular flexibility index (Phi) is 9.75.